The molecule has 0 atom stereocenters. The Labute approximate surface area is 534 Å². The first-order chi connectivity index (χ1) is 37.3. The Balaban J connectivity index is -0.000000261. The summed E-state index contributed by atoms with van der Waals surface area (Å²) in [6, 6.07) is 32.8. The van der Waals surface area contributed by atoms with Crippen molar-refractivity contribution in [3.8, 4) is 0 Å². The van der Waals surface area contributed by atoms with Gasteiger partial charge in [0.1, 0.15) is 18.7 Å². The molecule has 1 aliphatic rings. The Morgan fingerprint density at radius 1 is 0.575 bits per heavy atom. The number of allylic oxidation sites excluding steroid dienone is 1. The van der Waals surface area contributed by atoms with Crippen LogP contribution in [0.1, 0.15) is 86.6 Å². The number of nitrogens with zero attached hydrogens (tertiary/aromatic N) is 16. The summed E-state index contributed by atoms with van der Waals surface area (Å²) >= 11 is 0. The van der Waals surface area contributed by atoms with Crippen LogP contribution in [-0.4, -0.2) is 62.3 Å². The van der Waals surface area contributed by atoms with Gasteiger partial charge in [0.05, 0.1) is 24.3 Å². The van der Waals surface area contributed by atoms with Crippen molar-refractivity contribution in [2.24, 2.45) is 14.1 Å². The molecule has 1 aliphatic heterocycles. The second kappa shape index (κ2) is 54.5. The molecule has 11 aromatic rings. The number of rotatable bonds is 4. The van der Waals surface area contributed by atoms with Crippen LogP contribution in [0.5, 0.6) is 0 Å². The van der Waals surface area contributed by atoms with Gasteiger partial charge in [0.25, 0.3) is 5.65 Å². The minimum atomic E-state index is 0. The largest absolute Gasteiger partial charge is 2.00 e. The Morgan fingerprint density at radius 3 is 1.60 bits per heavy atom. The molecule has 420 valence electrons. The van der Waals surface area contributed by atoms with Gasteiger partial charge in [-0.15, -0.1) is 45.3 Å². The molecule has 20 heteroatoms. The zero-order chi connectivity index (χ0) is 56.8. The summed E-state index contributed by atoms with van der Waals surface area (Å²) in [5, 5.41) is 15.9. The molecule has 0 N–H and O–H groups in total. The molecule has 80 heavy (non-hydrogen) atoms. The van der Waals surface area contributed by atoms with Crippen molar-refractivity contribution in [3.63, 3.8) is 0 Å². The Kier molecular flexibility index (Phi) is 56.2. The molecule has 12 rings (SSSR count). The van der Waals surface area contributed by atoms with E-state index in [0.29, 0.717) is 0 Å². The van der Waals surface area contributed by atoms with Gasteiger partial charge in [-0.1, -0.05) is 99.8 Å². The van der Waals surface area contributed by atoms with Gasteiger partial charge < -0.3 is 44.2 Å². The van der Waals surface area contributed by atoms with Crippen LogP contribution in [0.4, 0.5) is 0 Å². The third kappa shape index (κ3) is 32.0. The van der Waals surface area contributed by atoms with E-state index in [-0.39, 0.29) is 84.3 Å². The predicted molar refractivity (Wildman–Crippen MR) is 310 cm³/mol. The summed E-state index contributed by atoms with van der Waals surface area (Å²) in [6.45, 7) is 42.4. The van der Waals surface area contributed by atoms with Crippen molar-refractivity contribution in [1.82, 2.24) is 67.3 Å². The van der Waals surface area contributed by atoms with Crippen LogP contribution in [0.25, 0.3) is 47.6 Å². The zero-order valence-electron chi connectivity index (χ0n) is 48.4. The fourth-order valence-corrected chi connectivity index (χ4v) is 5.39. The number of pyridine rings is 2. The topological polar surface area (TPSA) is 132 Å². The molecule has 0 saturated heterocycles. The number of fused-ring (bicyclic) bond motifs is 4. The first kappa shape index (κ1) is 82.4. The van der Waals surface area contributed by atoms with Crippen LogP contribution in [0.15, 0.2) is 171 Å². The van der Waals surface area contributed by atoms with E-state index in [0.717, 1.165) is 40.4 Å². The van der Waals surface area contributed by atoms with E-state index in [1.54, 1.807) is 61.9 Å². The van der Waals surface area contributed by atoms with Gasteiger partial charge in [-0.3, -0.25) is 29.6 Å². The van der Waals surface area contributed by atoms with Crippen molar-refractivity contribution >= 4 is 47.6 Å². The molecular weight excluding hydrogens is 1680 g/mol. The summed E-state index contributed by atoms with van der Waals surface area (Å²) < 4.78 is 16.1. The third-order valence-corrected chi connectivity index (χ3v) is 8.68. The first-order valence-corrected chi connectivity index (χ1v) is 25.1. The molecule has 11 aromatic heterocycles. The third-order valence-electron chi connectivity index (χ3n) is 8.68. The van der Waals surface area contributed by atoms with Crippen LogP contribution >= 0.6 is 0 Å². The normalized spacial score (nSPS) is 8.76. The predicted octanol–water partition coefficient (Wildman–Crippen LogP) is 11.4. The summed E-state index contributed by atoms with van der Waals surface area (Å²) in [5.74, 6) is 2.02. The van der Waals surface area contributed by atoms with E-state index >= 15 is 0 Å². The van der Waals surface area contributed by atoms with Gasteiger partial charge in [-0.05, 0) is 60.4 Å². The molecular formula is C60H78N16W4+2. The van der Waals surface area contributed by atoms with Crippen molar-refractivity contribution in [2.45, 2.75) is 82.6 Å². The molecule has 0 aromatic carbocycles. The Morgan fingerprint density at radius 2 is 1.14 bits per heavy atom. The van der Waals surface area contributed by atoms with E-state index in [4.69, 9.17) is 26.3 Å². The molecule has 16 nitrogen and oxygen atoms in total. The Hall–Kier alpha value is -6.43. The monoisotopic (exact) mass is 1760 g/mol. The Bertz CT molecular complexity index is 2890. The maximum atomic E-state index is 5.14. The van der Waals surface area contributed by atoms with Crippen molar-refractivity contribution in [2.75, 3.05) is 0 Å². The van der Waals surface area contributed by atoms with Crippen molar-refractivity contribution in [3.05, 3.63) is 234 Å². The average molecular weight is 1760 g/mol. The van der Waals surface area contributed by atoms with Crippen molar-refractivity contribution < 1.29 is 93.6 Å². The van der Waals surface area contributed by atoms with Gasteiger partial charge in [-0.25, -0.2) is 19.9 Å². The van der Waals surface area contributed by atoms with E-state index in [1.807, 2.05) is 241 Å². The molecule has 0 fully saturated rings. The molecule has 0 amide bonds. The van der Waals surface area contributed by atoms with Crippen LogP contribution in [0.2, 0.25) is 0 Å². The zero-order valence-corrected chi connectivity index (χ0v) is 60.1. The van der Waals surface area contributed by atoms with E-state index in [9.17, 15) is 0 Å². The van der Waals surface area contributed by atoms with Gasteiger partial charge >= 0.3 is 90.6 Å². The molecule has 0 bridgehead atoms. The van der Waals surface area contributed by atoms with Gasteiger partial charge in [0, 0.05) is 43.5 Å². The van der Waals surface area contributed by atoms with Gasteiger partial charge in [-0.2, -0.15) is 44.3 Å². The quantitative estimate of drug-likeness (QED) is 0.127. The van der Waals surface area contributed by atoms with Crippen molar-refractivity contribution in [1.29, 1.82) is 0 Å². The number of hydrogen-bond acceptors (Lipinski definition) is 6. The van der Waals surface area contributed by atoms with Crippen LogP contribution in [0, 0.1) is 52.0 Å². The summed E-state index contributed by atoms with van der Waals surface area (Å²) in [7, 11) is 3.78. The molecule has 0 unspecified atom stereocenters. The molecule has 0 radical (unpaired) electrons. The van der Waals surface area contributed by atoms with E-state index in [2.05, 4.69) is 60.1 Å². The molecule has 0 aliphatic carbocycles. The van der Waals surface area contributed by atoms with E-state index in [1.165, 1.54) is 24.7 Å². The second-order valence-electron chi connectivity index (χ2n) is 13.2. The number of aromatic nitrogens is 16. The number of aryl methyl sites for hydroxylation is 3. The molecule has 12 heterocycles. The maximum Gasteiger partial charge on any atom is 2.00 e. The van der Waals surface area contributed by atoms with Gasteiger partial charge in [0.15, 0.2) is 6.33 Å². The minimum absolute atomic E-state index is 0. The van der Waals surface area contributed by atoms with Crippen LogP contribution < -0.4 is 14.3 Å². The minimum Gasteiger partial charge on any atom is -0.749 e. The summed E-state index contributed by atoms with van der Waals surface area (Å²) in [4.78, 5) is 11.7. The van der Waals surface area contributed by atoms with Crippen LogP contribution in [-0.2, 0) is 105 Å². The molecule has 0 saturated carbocycles. The SMILES string of the molecule is CC.CC.CC.CC.CC.C[n+]1cnc2ccccn21.Cc1nnc2n1C=CC2.[CH-]=Cc1ccc[n-]1.[CH-]=Cn1[c-]ccc1.[CH-]=Cn1[c-]ccc1.[CH-]=Cn1[c-]nc[n+]1C.[W+2].[W+2].[W+2].[W+2].c1ccn2nccc2c1.c1cnn2cccc2c1. The first-order valence-electron chi connectivity index (χ1n) is 25.1. The van der Waals surface area contributed by atoms with E-state index < -0.39 is 0 Å². The fourth-order valence-electron chi connectivity index (χ4n) is 5.39. The second-order valence-corrected chi connectivity index (χ2v) is 13.2. The summed E-state index contributed by atoms with van der Waals surface area (Å²) in [5.41, 5.74) is 4.08. The smallest absolute Gasteiger partial charge is 0.749 e. The number of hydrogen-bond donors (Lipinski definition) is 0. The van der Waals surface area contributed by atoms with Crippen LogP contribution in [0.3, 0.4) is 0 Å². The fraction of sp³-hybridized carbons (Fsp3) is 0.233. The summed E-state index contributed by atoms with van der Waals surface area (Å²) in [6.07, 6.45) is 37.1. The maximum absolute atomic E-state index is 5.14. The van der Waals surface area contributed by atoms with Gasteiger partial charge in [0.2, 0.25) is 6.33 Å². The molecule has 0 spiro atoms. The standard InChI is InChI=1S/C7H8N3.2C7H6N2.C6H7N3.3C6H5N.C5H6N3.5C2H6.4W/c1-9-6-8-7-4-2-3-5-10(7)9;1-3-7-4-2-6-9(7)8-5-1;1-2-6-9-7(3-1)4-5-8-9;1-5-7-8-6-3-2-4-9(5)6;2*1-2-7-5-3-4-6-7;1-2-6-4-3-5-7-6;1-3-8-5-6-4-7(8)2;5*1-2;;;;/h2-6H,1H3;2*1-6H;2,4H,3H2,1H3;3*1-5H;1,3-4H,2H3;5*1-2H3;;;;/q+1;;;;3*-2;-1;;;;;;4*+2. The average Bonchev–Trinajstić information content (AvgIpc) is 4.34.